The highest BCUT2D eigenvalue weighted by atomic mass is 32.2. The van der Waals surface area contributed by atoms with Crippen LogP contribution < -0.4 is 16.6 Å². The Balaban J connectivity index is 2.68. The average Bonchev–Trinajstić information content (AvgIpc) is 2.29. The normalized spacial score (nSPS) is 10.1. The minimum absolute atomic E-state index is 0.626. The highest BCUT2D eigenvalue weighted by Crippen LogP contribution is 2.16. The van der Waals surface area contributed by atoms with Crippen LogP contribution in [0.3, 0.4) is 0 Å². The molecule has 0 aliphatic carbocycles. The molecule has 1 rings (SSSR count). The van der Waals surface area contributed by atoms with Crippen LogP contribution >= 0.6 is 23.5 Å². The Bertz CT molecular complexity index is 285. The summed E-state index contributed by atoms with van der Waals surface area (Å²) in [7, 11) is 0. The second-order valence-electron chi connectivity index (χ2n) is 2.69. The number of anilines is 2. The van der Waals surface area contributed by atoms with Crippen LogP contribution in [0.2, 0.25) is 0 Å². The molecule has 0 radical (unpaired) electrons. The fraction of sp³-hybridized carbons (Fsp3) is 0.500. The van der Waals surface area contributed by atoms with E-state index in [1.807, 2.05) is 6.26 Å². The summed E-state index contributed by atoms with van der Waals surface area (Å²) in [5, 5.41) is 3.92. The van der Waals surface area contributed by atoms with Gasteiger partial charge in [-0.25, -0.2) is 15.8 Å². The van der Waals surface area contributed by atoms with E-state index in [0.29, 0.717) is 11.0 Å². The third-order valence-corrected chi connectivity index (χ3v) is 2.81. The van der Waals surface area contributed by atoms with Crippen molar-refractivity contribution in [3.05, 3.63) is 6.07 Å². The molecule has 0 saturated carbocycles. The van der Waals surface area contributed by atoms with E-state index in [2.05, 4.69) is 27.0 Å². The Morgan fingerprint density at radius 2 is 2.07 bits per heavy atom. The summed E-state index contributed by atoms with van der Waals surface area (Å²) in [5.74, 6) is 7.79. The number of hydrogen-bond donors (Lipinski definition) is 3. The summed E-state index contributed by atoms with van der Waals surface area (Å²) in [6.45, 7) is 0.885. The molecule has 0 atom stereocenters. The number of nitrogens with one attached hydrogen (secondary N) is 2. The van der Waals surface area contributed by atoms with E-state index in [1.165, 1.54) is 11.8 Å². The highest BCUT2D eigenvalue weighted by Gasteiger charge is 2.02. The third-order valence-electron chi connectivity index (χ3n) is 1.65. The van der Waals surface area contributed by atoms with Crippen molar-refractivity contribution in [3.8, 4) is 0 Å². The van der Waals surface area contributed by atoms with Crippen LogP contribution in [0.5, 0.6) is 0 Å². The molecule has 0 bridgehead atoms. The first-order chi connectivity index (χ1) is 7.30. The van der Waals surface area contributed by atoms with Crippen molar-refractivity contribution in [2.45, 2.75) is 5.16 Å². The third kappa shape index (κ3) is 4.15. The second kappa shape index (κ2) is 6.76. The van der Waals surface area contributed by atoms with Crippen LogP contribution in [0.15, 0.2) is 11.2 Å². The minimum Gasteiger partial charge on any atom is -0.369 e. The zero-order valence-electron chi connectivity index (χ0n) is 8.78. The predicted molar refractivity (Wildman–Crippen MR) is 68.5 cm³/mol. The second-order valence-corrected chi connectivity index (χ2v) is 4.45. The Morgan fingerprint density at radius 1 is 1.33 bits per heavy atom. The zero-order valence-corrected chi connectivity index (χ0v) is 10.4. The molecule has 5 nitrogen and oxygen atoms in total. The smallest absolute Gasteiger partial charge is 0.191 e. The maximum absolute atomic E-state index is 5.32. The molecule has 0 saturated heterocycles. The highest BCUT2D eigenvalue weighted by molar-refractivity contribution is 7.98. The van der Waals surface area contributed by atoms with Gasteiger partial charge in [-0.2, -0.15) is 11.8 Å². The predicted octanol–water partition coefficient (Wildman–Crippen LogP) is 1.26. The number of rotatable bonds is 6. The fourth-order valence-corrected chi connectivity index (χ4v) is 1.65. The van der Waals surface area contributed by atoms with E-state index in [0.717, 1.165) is 18.1 Å². The van der Waals surface area contributed by atoms with E-state index in [9.17, 15) is 0 Å². The van der Waals surface area contributed by atoms with E-state index in [4.69, 9.17) is 5.84 Å². The standard InChI is InChI=1S/C8H15N5S2/c1-14-4-3-10-6-5-7(13-9)12-8(11-6)15-2/h5H,3-4,9H2,1-2H3,(H2,10,11,12,13). The molecule has 1 heterocycles. The topological polar surface area (TPSA) is 75.9 Å². The molecule has 84 valence electrons. The van der Waals surface area contributed by atoms with E-state index in [-0.39, 0.29) is 0 Å². The number of hydrogen-bond acceptors (Lipinski definition) is 7. The van der Waals surface area contributed by atoms with Gasteiger partial charge in [-0.1, -0.05) is 11.8 Å². The van der Waals surface area contributed by atoms with Gasteiger partial charge < -0.3 is 10.7 Å². The number of nitrogens with two attached hydrogens (primary N) is 1. The van der Waals surface area contributed by atoms with Gasteiger partial charge in [-0.3, -0.25) is 0 Å². The van der Waals surface area contributed by atoms with Gasteiger partial charge in [0, 0.05) is 18.4 Å². The van der Waals surface area contributed by atoms with E-state index < -0.39 is 0 Å². The monoisotopic (exact) mass is 245 g/mol. The van der Waals surface area contributed by atoms with Crippen LogP contribution in [0.25, 0.3) is 0 Å². The van der Waals surface area contributed by atoms with Gasteiger partial charge in [-0.15, -0.1) is 0 Å². The molecule has 7 heteroatoms. The van der Waals surface area contributed by atoms with Crippen LogP contribution in [0.1, 0.15) is 0 Å². The number of nitrogen functional groups attached to an aromatic ring is 1. The molecule has 0 spiro atoms. The molecule has 1 aromatic heterocycles. The Hall–Kier alpha value is -0.660. The first kappa shape index (κ1) is 12.4. The molecule has 0 amide bonds. The Morgan fingerprint density at radius 3 is 2.67 bits per heavy atom. The van der Waals surface area contributed by atoms with Crippen LogP contribution in [-0.2, 0) is 0 Å². The quantitative estimate of drug-likeness (QED) is 0.229. The summed E-state index contributed by atoms with van der Waals surface area (Å²) < 4.78 is 0. The van der Waals surface area contributed by atoms with Crippen LogP contribution in [0.4, 0.5) is 11.6 Å². The molecule has 0 fully saturated rings. The summed E-state index contributed by atoms with van der Waals surface area (Å²) in [4.78, 5) is 8.48. The molecular formula is C8H15N5S2. The van der Waals surface area contributed by atoms with Crippen molar-refractivity contribution >= 4 is 35.2 Å². The lowest BCUT2D eigenvalue weighted by molar-refractivity contribution is 0.960. The maximum atomic E-state index is 5.32. The fourth-order valence-electron chi connectivity index (χ4n) is 0.962. The van der Waals surface area contributed by atoms with Gasteiger partial charge in [0.15, 0.2) is 5.16 Å². The molecule has 0 unspecified atom stereocenters. The van der Waals surface area contributed by atoms with Crippen LogP contribution in [0, 0.1) is 0 Å². The molecule has 4 N–H and O–H groups in total. The van der Waals surface area contributed by atoms with Gasteiger partial charge in [0.1, 0.15) is 11.6 Å². The lowest BCUT2D eigenvalue weighted by Gasteiger charge is -2.07. The van der Waals surface area contributed by atoms with Crippen molar-refractivity contribution < 1.29 is 0 Å². The van der Waals surface area contributed by atoms with Gasteiger partial charge in [0.05, 0.1) is 0 Å². The molecule has 0 aliphatic heterocycles. The Labute approximate surface area is 98.0 Å². The number of thioether (sulfide) groups is 2. The lowest BCUT2D eigenvalue weighted by atomic mass is 10.5. The van der Waals surface area contributed by atoms with Gasteiger partial charge >= 0.3 is 0 Å². The maximum Gasteiger partial charge on any atom is 0.191 e. The first-order valence-electron chi connectivity index (χ1n) is 4.42. The SMILES string of the molecule is CSCCNc1cc(NN)nc(SC)n1. The molecule has 15 heavy (non-hydrogen) atoms. The van der Waals surface area contributed by atoms with Crippen molar-refractivity contribution in [2.24, 2.45) is 5.84 Å². The first-order valence-corrected chi connectivity index (χ1v) is 7.04. The van der Waals surface area contributed by atoms with Gasteiger partial charge in [0.25, 0.3) is 0 Å². The molecule has 0 aromatic carbocycles. The Kier molecular flexibility index (Phi) is 5.59. The minimum atomic E-state index is 0.626. The molecule has 0 aliphatic rings. The largest absolute Gasteiger partial charge is 0.369 e. The lowest BCUT2D eigenvalue weighted by Crippen LogP contribution is -2.12. The molecular weight excluding hydrogens is 230 g/mol. The van der Waals surface area contributed by atoms with Crippen molar-refractivity contribution in [3.63, 3.8) is 0 Å². The number of hydrazine groups is 1. The van der Waals surface area contributed by atoms with Crippen LogP contribution in [-0.4, -0.2) is 34.8 Å². The van der Waals surface area contributed by atoms with Gasteiger partial charge in [0.2, 0.25) is 0 Å². The van der Waals surface area contributed by atoms with Crippen molar-refractivity contribution in [1.29, 1.82) is 0 Å². The van der Waals surface area contributed by atoms with Crippen molar-refractivity contribution in [1.82, 2.24) is 9.97 Å². The number of nitrogens with zero attached hydrogens (tertiary/aromatic N) is 2. The molecule has 1 aromatic rings. The average molecular weight is 245 g/mol. The summed E-state index contributed by atoms with van der Waals surface area (Å²) in [5.41, 5.74) is 2.52. The van der Waals surface area contributed by atoms with E-state index in [1.54, 1.807) is 17.8 Å². The van der Waals surface area contributed by atoms with E-state index >= 15 is 0 Å². The number of aromatic nitrogens is 2. The van der Waals surface area contributed by atoms with Crippen molar-refractivity contribution in [2.75, 3.05) is 35.6 Å². The zero-order chi connectivity index (χ0) is 11.1. The van der Waals surface area contributed by atoms with Gasteiger partial charge in [-0.05, 0) is 12.5 Å². The summed E-state index contributed by atoms with van der Waals surface area (Å²) in [6, 6.07) is 1.79. The summed E-state index contributed by atoms with van der Waals surface area (Å²) in [6.07, 6.45) is 4.00. The summed E-state index contributed by atoms with van der Waals surface area (Å²) >= 11 is 3.28.